The monoisotopic (exact) mass is 271 g/mol. The van der Waals surface area contributed by atoms with Crippen molar-refractivity contribution in [1.82, 2.24) is 0 Å². The summed E-state index contributed by atoms with van der Waals surface area (Å²) in [6, 6.07) is 9.78. The Bertz CT molecular complexity index is 494. The van der Waals surface area contributed by atoms with Crippen LogP contribution in [0, 0.1) is 6.92 Å². The van der Waals surface area contributed by atoms with Crippen LogP contribution in [0.1, 0.15) is 10.4 Å². The molecule has 1 aromatic carbocycles. The van der Waals surface area contributed by atoms with Gasteiger partial charge in [-0.15, -0.1) is 11.3 Å². The van der Waals surface area contributed by atoms with Crippen molar-refractivity contribution in [3.05, 3.63) is 50.1 Å². The van der Waals surface area contributed by atoms with Gasteiger partial charge in [-0.25, -0.2) is 0 Å². The molecule has 0 radical (unpaired) electrons. The van der Waals surface area contributed by atoms with Gasteiger partial charge in [-0.1, -0.05) is 23.2 Å². The Hall–Kier alpha value is -0.700. The zero-order chi connectivity index (χ0) is 11.5. The number of rotatable bonds is 3. The van der Waals surface area contributed by atoms with Gasteiger partial charge in [-0.2, -0.15) is 0 Å². The van der Waals surface area contributed by atoms with E-state index in [1.165, 1.54) is 4.88 Å². The Balaban J connectivity index is 2.04. The molecule has 16 heavy (non-hydrogen) atoms. The van der Waals surface area contributed by atoms with E-state index in [9.17, 15) is 0 Å². The first kappa shape index (κ1) is 11.8. The predicted molar refractivity (Wildman–Crippen MR) is 72.8 cm³/mol. The molecule has 0 aliphatic rings. The molecule has 1 heterocycles. The molecule has 2 aromatic rings. The lowest BCUT2D eigenvalue weighted by Crippen LogP contribution is -1.98. The van der Waals surface area contributed by atoms with E-state index < -0.39 is 0 Å². The fraction of sp³-hybridized carbons (Fsp3) is 0.167. The second-order valence-corrected chi connectivity index (χ2v) is 5.75. The maximum absolute atomic E-state index is 5.89. The molecule has 0 atom stereocenters. The van der Waals surface area contributed by atoms with E-state index in [4.69, 9.17) is 23.2 Å². The lowest BCUT2D eigenvalue weighted by molar-refractivity contribution is 1.18. The third kappa shape index (κ3) is 2.91. The molecule has 0 spiro atoms. The molecule has 84 valence electrons. The molecule has 0 aliphatic heterocycles. The first-order valence-corrected chi connectivity index (χ1v) is 6.46. The van der Waals surface area contributed by atoms with E-state index in [0.29, 0.717) is 0 Å². The topological polar surface area (TPSA) is 12.0 Å². The molecule has 1 nitrogen and oxygen atoms in total. The SMILES string of the molecule is Cc1cc(Cl)ccc1NCc1ccc(Cl)s1. The van der Waals surface area contributed by atoms with Gasteiger partial charge in [0.15, 0.2) is 0 Å². The normalized spacial score (nSPS) is 10.4. The standard InChI is InChI=1S/C12H11Cl2NS/c1-8-6-9(13)2-4-11(8)15-7-10-3-5-12(14)16-10/h2-6,15H,7H2,1H3. The number of halogens is 2. The quantitative estimate of drug-likeness (QED) is 0.831. The van der Waals surface area contributed by atoms with E-state index in [1.54, 1.807) is 11.3 Å². The van der Waals surface area contributed by atoms with Crippen LogP contribution in [-0.4, -0.2) is 0 Å². The molecular weight excluding hydrogens is 261 g/mol. The maximum atomic E-state index is 5.89. The number of aryl methyl sites for hydroxylation is 1. The minimum atomic E-state index is 0.766. The van der Waals surface area contributed by atoms with Crippen LogP contribution in [0.3, 0.4) is 0 Å². The summed E-state index contributed by atoms with van der Waals surface area (Å²) >= 11 is 13.4. The second kappa shape index (κ2) is 5.09. The summed E-state index contributed by atoms with van der Waals surface area (Å²) in [7, 11) is 0. The first-order chi connectivity index (χ1) is 7.65. The summed E-state index contributed by atoms with van der Waals surface area (Å²) in [4.78, 5) is 1.22. The van der Waals surface area contributed by atoms with Crippen molar-refractivity contribution in [3.8, 4) is 0 Å². The van der Waals surface area contributed by atoms with Crippen molar-refractivity contribution in [2.24, 2.45) is 0 Å². The summed E-state index contributed by atoms with van der Waals surface area (Å²) in [6.45, 7) is 2.83. The zero-order valence-corrected chi connectivity index (χ0v) is 11.1. The fourth-order valence-electron chi connectivity index (χ4n) is 1.45. The molecule has 0 fully saturated rings. The van der Waals surface area contributed by atoms with Crippen molar-refractivity contribution in [1.29, 1.82) is 0 Å². The Labute approximate surface area is 109 Å². The van der Waals surface area contributed by atoms with E-state index in [1.807, 2.05) is 37.3 Å². The molecule has 0 amide bonds. The van der Waals surface area contributed by atoms with Crippen LogP contribution in [-0.2, 0) is 6.54 Å². The number of benzene rings is 1. The van der Waals surface area contributed by atoms with Gasteiger partial charge in [-0.05, 0) is 42.8 Å². The largest absolute Gasteiger partial charge is 0.380 e. The molecule has 1 aromatic heterocycles. The Morgan fingerprint density at radius 2 is 2.00 bits per heavy atom. The number of hydrogen-bond acceptors (Lipinski definition) is 2. The number of thiophene rings is 1. The third-order valence-electron chi connectivity index (χ3n) is 2.27. The summed E-state index contributed by atoms with van der Waals surface area (Å²) < 4.78 is 0.824. The van der Waals surface area contributed by atoms with Gasteiger partial charge in [0.2, 0.25) is 0 Å². The third-order valence-corrected chi connectivity index (χ3v) is 3.74. The highest BCUT2D eigenvalue weighted by Gasteiger charge is 2.01. The van der Waals surface area contributed by atoms with Crippen LogP contribution in [0.4, 0.5) is 5.69 Å². The predicted octanol–water partition coefficient (Wildman–Crippen LogP) is 4.98. The molecule has 0 saturated carbocycles. The molecule has 0 bridgehead atoms. The minimum absolute atomic E-state index is 0.766. The zero-order valence-electron chi connectivity index (χ0n) is 8.76. The Morgan fingerprint density at radius 1 is 1.19 bits per heavy atom. The molecule has 1 N–H and O–H groups in total. The molecule has 4 heteroatoms. The van der Waals surface area contributed by atoms with Gasteiger partial charge in [-0.3, -0.25) is 0 Å². The van der Waals surface area contributed by atoms with Gasteiger partial charge < -0.3 is 5.32 Å². The van der Waals surface area contributed by atoms with Crippen molar-refractivity contribution < 1.29 is 0 Å². The minimum Gasteiger partial charge on any atom is -0.380 e. The van der Waals surface area contributed by atoms with Crippen LogP contribution in [0.15, 0.2) is 30.3 Å². The van der Waals surface area contributed by atoms with Gasteiger partial charge in [0.1, 0.15) is 0 Å². The van der Waals surface area contributed by atoms with E-state index in [2.05, 4.69) is 5.32 Å². The Kier molecular flexibility index (Phi) is 3.74. The van der Waals surface area contributed by atoms with E-state index >= 15 is 0 Å². The van der Waals surface area contributed by atoms with Crippen molar-refractivity contribution in [3.63, 3.8) is 0 Å². The number of nitrogens with one attached hydrogen (secondary N) is 1. The Morgan fingerprint density at radius 3 is 2.62 bits per heavy atom. The van der Waals surface area contributed by atoms with Gasteiger partial charge >= 0.3 is 0 Å². The summed E-state index contributed by atoms with van der Waals surface area (Å²) in [6.07, 6.45) is 0. The summed E-state index contributed by atoms with van der Waals surface area (Å²) in [5.41, 5.74) is 2.25. The van der Waals surface area contributed by atoms with E-state index in [0.717, 1.165) is 27.2 Å². The van der Waals surface area contributed by atoms with Crippen LogP contribution < -0.4 is 5.32 Å². The molecule has 0 unspecified atom stereocenters. The fourth-order valence-corrected chi connectivity index (χ4v) is 2.71. The van der Waals surface area contributed by atoms with Crippen LogP contribution in [0.5, 0.6) is 0 Å². The van der Waals surface area contributed by atoms with Crippen molar-refractivity contribution >= 4 is 40.2 Å². The highest BCUT2D eigenvalue weighted by molar-refractivity contribution is 7.16. The van der Waals surface area contributed by atoms with Crippen LogP contribution in [0.2, 0.25) is 9.36 Å². The molecular formula is C12H11Cl2NS. The maximum Gasteiger partial charge on any atom is 0.0931 e. The summed E-state index contributed by atoms with van der Waals surface area (Å²) in [5, 5.41) is 4.13. The van der Waals surface area contributed by atoms with Crippen molar-refractivity contribution in [2.45, 2.75) is 13.5 Å². The average Bonchev–Trinajstić information content (AvgIpc) is 2.63. The highest BCUT2D eigenvalue weighted by Crippen LogP contribution is 2.24. The highest BCUT2D eigenvalue weighted by atomic mass is 35.5. The van der Waals surface area contributed by atoms with Gasteiger partial charge in [0.25, 0.3) is 0 Å². The smallest absolute Gasteiger partial charge is 0.0931 e. The lowest BCUT2D eigenvalue weighted by atomic mass is 10.2. The van der Waals surface area contributed by atoms with E-state index in [-0.39, 0.29) is 0 Å². The lowest BCUT2D eigenvalue weighted by Gasteiger charge is -2.08. The molecule has 2 rings (SSSR count). The molecule has 0 aliphatic carbocycles. The van der Waals surface area contributed by atoms with Crippen LogP contribution in [0.25, 0.3) is 0 Å². The average molecular weight is 272 g/mol. The first-order valence-electron chi connectivity index (χ1n) is 4.89. The number of anilines is 1. The molecule has 0 saturated heterocycles. The number of hydrogen-bond donors (Lipinski definition) is 1. The van der Waals surface area contributed by atoms with Crippen LogP contribution >= 0.6 is 34.5 Å². The second-order valence-electron chi connectivity index (χ2n) is 3.52. The van der Waals surface area contributed by atoms with Gasteiger partial charge in [0.05, 0.1) is 4.34 Å². The van der Waals surface area contributed by atoms with Gasteiger partial charge in [0, 0.05) is 22.1 Å². The summed E-state index contributed by atoms with van der Waals surface area (Å²) in [5.74, 6) is 0. The van der Waals surface area contributed by atoms with Crippen molar-refractivity contribution in [2.75, 3.05) is 5.32 Å².